The molecule has 2 amide bonds. The summed E-state index contributed by atoms with van der Waals surface area (Å²) in [6, 6.07) is -0.919. The van der Waals surface area contributed by atoms with Crippen LogP contribution in [-0.4, -0.2) is 42.9 Å². The average molecular weight is 254 g/mol. The summed E-state index contributed by atoms with van der Waals surface area (Å²) in [5.74, 6) is 1.50. The number of hydrogen-bond acceptors (Lipinski definition) is 3. The number of rotatable bonds is 5. The van der Waals surface area contributed by atoms with Gasteiger partial charge in [-0.15, -0.1) is 12.3 Å². The Morgan fingerprint density at radius 1 is 1.61 bits per heavy atom. The lowest BCUT2D eigenvalue weighted by Gasteiger charge is -2.25. The Bertz CT molecular complexity index is 364. The molecule has 0 aromatic heterocycles. The molecule has 3 N–H and O–H groups in total. The number of nitrogens with one attached hydrogen (secondary N) is 2. The smallest absolute Gasteiger partial charge is 0.315 e. The first-order valence-corrected chi connectivity index (χ1v) is 5.79. The number of carbonyl (C=O) groups is 2. The van der Waals surface area contributed by atoms with Crippen molar-refractivity contribution < 1.29 is 19.4 Å². The second kappa shape index (κ2) is 6.26. The number of urea groups is 1. The SMILES string of the molecule is C#CCCCNC(=O)NC1COCC1(C)C(=O)O. The summed E-state index contributed by atoms with van der Waals surface area (Å²) in [7, 11) is 0. The van der Waals surface area contributed by atoms with Crippen LogP contribution in [0.5, 0.6) is 0 Å². The molecule has 1 aliphatic heterocycles. The van der Waals surface area contributed by atoms with Gasteiger partial charge in [-0.1, -0.05) is 0 Å². The van der Waals surface area contributed by atoms with Crippen LogP contribution in [0.1, 0.15) is 19.8 Å². The molecule has 0 aromatic rings. The Morgan fingerprint density at radius 2 is 2.33 bits per heavy atom. The summed E-state index contributed by atoms with van der Waals surface area (Å²) in [6.07, 6.45) is 6.38. The van der Waals surface area contributed by atoms with Crippen molar-refractivity contribution in [3.8, 4) is 12.3 Å². The van der Waals surface area contributed by atoms with Gasteiger partial charge < -0.3 is 20.5 Å². The minimum Gasteiger partial charge on any atom is -0.481 e. The van der Waals surface area contributed by atoms with Gasteiger partial charge in [-0.25, -0.2) is 4.79 Å². The predicted molar refractivity (Wildman–Crippen MR) is 65.0 cm³/mol. The maximum Gasteiger partial charge on any atom is 0.315 e. The van der Waals surface area contributed by atoms with Crippen LogP contribution in [0.15, 0.2) is 0 Å². The van der Waals surface area contributed by atoms with Crippen LogP contribution in [0, 0.1) is 17.8 Å². The van der Waals surface area contributed by atoms with E-state index >= 15 is 0 Å². The van der Waals surface area contributed by atoms with Crippen LogP contribution in [0.25, 0.3) is 0 Å². The molecule has 0 aliphatic carbocycles. The van der Waals surface area contributed by atoms with E-state index in [0.717, 1.165) is 0 Å². The molecule has 2 unspecified atom stereocenters. The van der Waals surface area contributed by atoms with Crippen molar-refractivity contribution in [2.24, 2.45) is 5.41 Å². The minimum atomic E-state index is -1.07. The van der Waals surface area contributed by atoms with Crippen molar-refractivity contribution in [3.63, 3.8) is 0 Å². The summed E-state index contributed by atoms with van der Waals surface area (Å²) in [4.78, 5) is 22.7. The Labute approximate surface area is 106 Å². The van der Waals surface area contributed by atoms with Crippen LogP contribution in [0.2, 0.25) is 0 Å². The van der Waals surface area contributed by atoms with Gasteiger partial charge in [0, 0.05) is 13.0 Å². The summed E-state index contributed by atoms with van der Waals surface area (Å²) in [6.45, 7) is 2.34. The van der Waals surface area contributed by atoms with E-state index in [9.17, 15) is 9.59 Å². The molecule has 1 rings (SSSR count). The van der Waals surface area contributed by atoms with Crippen LogP contribution < -0.4 is 10.6 Å². The number of terminal acetylenes is 1. The second-order valence-electron chi connectivity index (χ2n) is 4.50. The normalized spacial score (nSPS) is 26.3. The van der Waals surface area contributed by atoms with Crippen LogP contribution in [0.3, 0.4) is 0 Å². The molecule has 1 aliphatic rings. The third kappa shape index (κ3) is 3.37. The lowest BCUT2D eigenvalue weighted by molar-refractivity contribution is -0.148. The third-order valence-electron chi connectivity index (χ3n) is 3.03. The van der Waals surface area contributed by atoms with Gasteiger partial charge in [0.25, 0.3) is 0 Å². The molecule has 1 saturated heterocycles. The number of ether oxygens (including phenoxy) is 1. The van der Waals surface area contributed by atoms with E-state index in [1.165, 1.54) is 0 Å². The highest BCUT2D eigenvalue weighted by atomic mass is 16.5. The topological polar surface area (TPSA) is 87.7 Å². The van der Waals surface area contributed by atoms with Crippen molar-refractivity contribution in [1.29, 1.82) is 0 Å². The third-order valence-corrected chi connectivity index (χ3v) is 3.03. The fourth-order valence-corrected chi connectivity index (χ4v) is 1.69. The van der Waals surface area contributed by atoms with Crippen LogP contribution in [-0.2, 0) is 9.53 Å². The first kappa shape index (κ1) is 14.3. The molecular weight excluding hydrogens is 236 g/mol. The van der Waals surface area contributed by atoms with Crippen LogP contribution in [0.4, 0.5) is 4.79 Å². The molecule has 6 heteroatoms. The molecule has 0 spiro atoms. The van der Waals surface area contributed by atoms with Crippen molar-refractivity contribution in [1.82, 2.24) is 10.6 Å². The largest absolute Gasteiger partial charge is 0.481 e. The van der Waals surface area contributed by atoms with Gasteiger partial charge in [0.05, 0.1) is 19.3 Å². The van der Waals surface area contributed by atoms with E-state index in [1.54, 1.807) is 6.92 Å². The highest BCUT2D eigenvalue weighted by Gasteiger charge is 2.47. The molecule has 0 bridgehead atoms. The Balaban J connectivity index is 2.40. The fourth-order valence-electron chi connectivity index (χ4n) is 1.69. The average Bonchev–Trinajstić information content (AvgIpc) is 2.68. The molecule has 0 aromatic carbocycles. The molecular formula is C12H18N2O4. The lowest BCUT2D eigenvalue weighted by Crippen LogP contribution is -2.52. The molecule has 6 nitrogen and oxygen atoms in total. The van der Waals surface area contributed by atoms with Crippen LogP contribution >= 0.6 is 0 Å². The quantitative estimate of drug-likeness (QED) is 0.483. The fraction of sp³-hybridized carbons (Fsp3) is 0.667. The highest BCUT2D eigenvalue weighted by molar-refractivity contribution is 5.79. The van der Waals surface area contributed by atoms with Crippen molar-refractivity contribution >= 4 is 12.0 Å². The van der Waals surface area contributed by atoms with E-state index in [2.05, 4.69) is 16.6 Å². The van der Waals surface area contributed by atoms with E-state index < -0.39 is 23.5 Å². The van der Waals surface area contributed by atoms with Gasteiger partial charge in [0.1, 0.15) is 5.41 Å². The molecule has 0 saturated carbocycles. The van der Waals surface area contributed by atoms with E-state index in [-0.39, 0.29) is 13.2 Å². The van der Waals surface area contributed by atoms with Gasteiger partial charge in [-0.3, -0.25) is 4.79 Å². The van der Waals surface area contributed by atoms with Crippen molar-refractivity contribution in [2.75, 3.05) is 19.8 Å². The van der Waals surface area contributed by atoms with E-state index in [0.29, 0.717) is 19.4 Å². The molecule has 1 fully saturated rings. The van der Waals surface area contributed by atoms with Crippen molar-refractivity contribution in [2.45, 2.75) is 25.8 Å². The Kier molecular flexibility index (Phi) is 4.98. The Morgan fingerprint density at radius 3 is 2.94 bits per heavy atom. The van der Waals surface area contributed by atoms with Gasteiger partial charge >= 0.3 is 12.0 Å². The maximum atomic E-state index is 11.6. The summed E-state index contributed by atoms with van der Waals surface area (Å²) in [5.41, 5.74) is -1.07. The summed E-state index contributed by atoms with van der Waals surface area (Å²) >= 11 is 0. The minimum absolute atomic E-state index is 0.102. The summed E-state index contributed by atoms with van der Waals surface area (Å²) in [5, 5.41) is 14.4. The van der Waals surface area contributed by atoms with Gasteiger partial charge in [-0.2, -0.15) is 0 Å². The molecule has 18 heavy (non-hydrogen) atoms. The monoisotopic (exact) mass is 254 g/mol. The number of carboxylic acids is 1. The van der Waals surface area contributed by atoms with Gasteiger partial charge in [-0.05, 0) is 13.3 Å². The predicted octanol–water partition coefficient (Wildman–Crippen LogP) is 0.189. The first-order chi connectivity index (χ1) is 8.50. The van der Waals surface area contributed by atoms with E-state index in [1.807, 2.05) is 0 Å². The molecule has 2 atom stereocenters. The van der Waals surface area contributed by atoms with Gasteiger partial charge in [0.2, 0.25) is 0 Å². The summed E-state index contributed by atoms with van der Waals surface area (Å²) < 4.78 is 5.13. The second-order valence-corrected chi connectivity index (χ2v) is 4.50. The molecule has 0 radical (unpaired) electrons. The number of hydrogen-bond donors (Lipinski definition) is 3. The molecule has 1 heterocycles. The number of carbonyl (C=O) groups excluding carboxylic acids is 1. The van der Waals surface area contributed by atoms with E-state index in [4.69, 9.17) is 16.3 Å². The first-order valence-electron chi connectivity index (χ1n) is 5.79. The standard InChI is InChI=1S/C12H18N2O4/c1-3-4-5-6-13-11(17)14-9-7-18-8-12(9,2)10(15)16/h1,9H,4-8H2,2H3,(H,15,16)(H2,13,14,17). The zero-order valence-corrected chi connectivity index (χ0v) is 10.4. The number of amides is 2. The number of unbranched alkanes of at least 4 members (excludes halogenated alkanes) is 1. The zero-order chi connectivity index (χ0) is 13.6. The highest BCUT2D eigenvalue weighted by Crippen LogP contribution is 2.28. The van der Waals surface area contributed by atoms with Crippen molar-refractivity contribution in [3.05, 3.63) is 0 Å². The number of carboxylic acid groups (broad SMARTS) is 1. The molecule has 100 valence electrons. The maximum absolute atomic E-state index is 11.6. The Hall–Kier alpha value is -1.74. The van der Waals surface area contributed by atoms with Gasteiger partial charge in [0.15, 0.2) is 0 Å². The zero-order valence-electron chi connectivity index (χ0n) is 10.4. The lowest BCUT2D eigenvalue weighted by atomic mass is 9.85. The number of aliphatic carboxylic acids is 1.